The summed E-state index contributed by atoms with van der Waals surface area (Å²) in [5.74, 6) is 0. The van der Waals surface area contributed by atoms with Gasteiger partial charge in [0, 0.05) is 0 Å². The Balaban J connectivity index is 0.00000121. The van der Waals surface area contributed by atoms with E-state index in [0.29, 0.717) is 5.41 Å². The number of halogens is 1. The van der Waals surface area contributed by atoms with Crippen molar-refractivity contribution >= 4 is 12.4 Å². The molecule has 0 unspecified atom stereocenters. The first-order valence-electron chi connectivity index (χ1n) is 4.00. The molecule has 1 aliphatic rings. The van der Waals surface area contributed by atoms with Crippen molar-refractivity contribution in [3.8, 4) is 0 Å². The summed E-state index contributed by atoms with van der Waals surface area (Å²) in [6.45, 7) is 11.4. The Morgan fingerprint density at radius 3 is 1.50 bits per heavy atom. The van der Waals surface area contributed by atoms with Gasteiger partial charge in [-0.05, 0) is 0 Å². The van der Waals surface area contributed by atoms with E-state index in [1.807, 2.05) is 0 Å². The second-order valence-corrected chi connectivity index (χ2v) is 5.10. The molecular formula is C10H16ClZr. The van der Waals surface area contributed by atoms with E-state index in [0.717, 1.165) is 0 Å². The fourth-order valence-electron chi connectivity index (χ4n) is 1.59. The van der Waals surface area contributed by atoms with Crippen LogP contribution >= 0.6 is 12.4 Å². The fourth-order valence-corrected chi connectivity index (χ4v) is 2.52. The Bertz CT molecular complexity index is 233. The summed E-state index contributed by atoms with van der Waals surface area (Å²) in [6, 6.07) is 0. The van der Waals surface area contributed by atoms with E-state index in [-0.39, 0.29) is 12.4 Å². The van der Waals surface area contributed by atoms with Crippen molar-refractivity contribution in [2.75, 3.05) is 0 Å². The molecule has 2 heteroatoms. The van der Waals surface area contributed by atoms with Gasteiger partial charge in [-0.3, -0.25) is 0 Å². The molecule has 12 heavy (non-hydrogen) atoms. The first kappa shape index (κ1) is 12.7. The van der Waals surface area contributed by atoms with Crippen LogP contribution in [0.15, 0.2) is 20.0 Å². The molecule has 0 N–H and O–H groups in total. The van der Waals surface area contributed by atoms with E-state index < -0.39 is 0 Å². The smallest absolute Gasteiger partial charge is 0.147 e. The van der Waals surface area contributed by atoms with Crippen molar-refractivity contribution in [2.24, 2.45) is 5.41 Å². The molecule has 0 atom stereocenters. The Morgan fingerprint density at radius 1 is 1.00 bits per heavy atom. The van der Waals surface area contributed by atoms with Gasteiger partial charge in [0.1, 0.15) is 0 Å². The van der Waals surface area contributed by atoms with Gasteiger partial charge in [-0.15, -0.1) is 12.4 Å². The van der Waals surface area contributed by atoms with Gasteiger partial charge in [-0.25, -0.2) is 0 Å². The summed E-state index contributed by atoms with van der Waals surface area (Å²) in [4.78, 5) is 0. The molecule has 0 amide bonds. The second-order valence-electron chi connectivity index (χ2n) is 3.88. The number of allylic oxidation sites excluding steroid dienone is 4. The Kier molecular flexibility index (Phi) is 4.01. The zero-order chi connectivity index (χ0) is 8.81. The predicted octanol–water partition coefficient (Wildman–Crippen LogP) is 3.61. The summed E-state index contributed by atoms with van der Waals surface area (Å²) in [5.41, 5.74) is 4.96. The van der Waals surface area contributed by atoms with Crippen LogP contribution in [0.4, 0.5) is 0 Å². The van der Waals surface area contributed by atoms with E-state index in [9.17, 15) is 0 Å². The van der Waals surface area contributed by atoms with Crippen molar-refractivity contribution in [1.29, 1.82) is 0 Å². The van der Waals surface area contributed by atoms with Crippen LogP contribution in [0.1, 0.15) is 34.6 Å². The van der Waals surface area contributed by atoms with Gasteiger partial charge in [0.25, 0.3) is 0 Å². The van der Waals surface area contributed by atoms with E-state index in [1.54, 1.807) is 33.6 Å². The minimum absolute atomic E-state index is 0. The van der Waals surface area contributed by atoms with E-state index in [2.05, 4.69) is 34.6 Å². The molecule has 0 aromatic rings. The summed E-state index contributed by atoms with van der Waals surface area (Å²) in [7, 11) is 0. The molecule has 0 saturated heterocycles. The maximum Gasteiger partial charge on any atom is -0.147 e. The molecule has 0 bridgehead atoms. The van der Waals surface area contributed by atoms with Gasteiger partial charge < -0.3 is 0 Å². The second kappa shape index (κ2) is 3.80. The van der Waals surface area contributed by atoms with Gasteiger partial charge in [0.2, 0.25) is 0 Å². The van der Waals surface area contributed by atoms with Crippen LogP contribution in [-0.2, 0) is 24.7 Å². The predicted molar refractivity (Wildman–Crippen MR) is 52.1 cm³/mol. The Labute approximate surface area is 96.8 Å². The van der Waals surface area contributed by atoms with Crippen LogP contribution in [0.25, 0.3) is 0 Å². The van der Waals surface area contributed by atoms with Crippen LogP contribution < -0.4 is 0 Å². The zero-order valence-electron chi connectivity index (χ0n) is 8.41. The van der Waals surface area contributed by atoms with Crippen LogP contribution in [-0.4, -0.2) is 0 Å². The summed E-state index contributed by atoms with van der Waals surface area (Å²) in [5, 5.41) is 0. The monoisotopic (exact) mass is 261 g/mol. The molecule has 0 aliphatic heterocycles. The molecule has 0 aromatic carbocycles. The molecule has 0 fully saturated rings. The van der Waals surface area contributed by atoms with Crippen molar-refractivity contribution in [1.82, 2.24) is 0 Å². The van der Waals surface area contributed by atoms with Gasteiger partial charge >= 0.3 is 84.8 Å². The molecule has 0 nitrogen and oxygen atoms in total. The average Bonchev–Trinajstić information content (AvgIpc) is 2.06. The summed E-state index contributed by atoms with van der Waals surface area (Å²) >= 11 is 1.57. The Morgan fingerprint density at radius 2 is 1.42 bits per heavy atom. The normalized spacial score (nSPS) is 21.3. The molecule has 0 radical (unpaired) electrons. The molecule has 0 saturated carbocycles. The van der Waals surface area contributed by atoms with Crippen molar-refractivity contribution in [2.45, 2.75) is 34.6 Å². The summed E-state index contributed by atoms with van der Waals surface area (Å²) in [6.07, 6.45) is 0. The van der Waals surface area contributed by atoms with Gasteiger partial charge in [-0.2, -0.15) is 0 Å². The number of rotatable bonds is 0. The third-order valence-electron chi connectivity index (χ3n) is 3.06. The topological polar surface area (TPSA) is 0 Å². The Hall–Kier alpha value is 0.653. The molecule has 0 aromatic heterocycles. The van der Waals surface area contributed by atoms with Crippen LogP contribution in [0.2, 0.25) is 0 Å². The molecule has 67 valence electrons. The SMILES string of the molecule is CC1=C(C)C(C)(C)[C]([Zr])=C1C.Cl. The average molecular weight is 263 g/mol. The maximum absolute atomic E-state index is 2.33. The van der Waals surface area contributed by atoms with Crippen molar-refractivity contribution < 1.29 is 24.7 Å². The number of hydrogen-bond donors (Lipinski definition) is 0. The van der Waals surface area contributed by atoms with Crippen LogP contribution in [0.5, 0.6) is 0 Å². The van der Waals surface area contributed by atoms with Crippen LogP contribution in [0.3, 0.4) is 0 Å². The third-order valence-corrected chi connectivity index (χ3v) is 5.52. The van der Waals surface area contributed by atoms with E-state index in [4.69, 9.17) is 0 Å². The first-order valence-corrected chi connectivity index (χ1v) is 5.23. The largest absolute Gasteiger partial charge is 0.147 e. The molecule has 0 heterocycles. The molecule has 0 spiro atoms. The van der Waals surface area contributed by atoms with Crippen LogP contribution in [0, 0.1) is 5.41 Å². The third kappa shape index (κ3) is 1.63. The van der Waals surface area contributed by atoms with Gasteiger partial charge in [0.15, 0.2) is 0 Å². The zero-order valence-corrected chi connectivity index (χ0v) is 11.7. The summed E-state index contributed by atoms with van der Waals surface area (Å²) < 4.78 is 1.62. The molecular weight excluding hydrogens is 247 g/mol. The standard InChI is InChI=1S/C10H15.ClH.Zr/c1-7-6-10(4,5)9(3)8(7)2;;/h1-5H3;1H;. The quantitative estimate of drug-likeness (QED) is 0.626. The number of hydrogen-bond acceptors (Lipinski definition) is 0. The first-order chi connectivity index (χ1) is 4.89. The minimum Gasteiger partial charge on any atom is -0.147 e. The van der Waals surface area contributed by atoms with E-state index in [1.165, 1.54) is 11.1 Å². The minimum atomic E-state index is 0. The van der Waals surface area contributed by atoms with Gasteiger partial charge in [0.05, 0.1) is 0 Å². The molecule has 1 rings (SSSR count). The fraction of sp³-hybridized carbons (Fsp3) is 0.600. The maximum atomic E-state index is 2.33. The van der Waals surface area contributed by atoms with Crippen molar-refractivity contribution in [3.63, 3.8) is 0 Å². The van der Waals surface area contributed by atoms with Gasteiger partial charge in [-0.1, -0.05) is 0 Å². The van der Waals surface area contributed by atoms with E-state index >= 15 is 0 Å². The van der Waals surface area contributed by atoms with Crippen molar-refractivity contribution in [3.05, 3.63) is 20.0 Å². The molecule has 1 aliphatic carbocycles.